The highest BCUT2D eigenvalue weighted by molar-refractivity contribution is 6.42. The van der Waals surface area contributed by atoms with Crippen molar-refractivity contribution in [2.75, 3.05) is 5.32 Å². The molecule has 0 bridgehead atoms. The molecule has 156 valence electrons. The Morgan fingerprint density at radius 3 is 2.45 bits per heavy atom. The lowest BCUT2D eigenvalue weighted by Crippen LogP contribution is -2.16. The van der Waals surface area contributed by atoms with Crippen molar-refractivity contribution in [3.8, 4) is 11.8 Å². The summed E-state index contributed by atoms with van der Waals surface area (Å²) in [6, 6.07) is 15.0. The number of aromatic carboxylic acids is 1. The fraction of sp³-hybridized carbons (Fsp3) is 0.0870. The molecule has 6 nitrogen and oxygen atoms in total. The molecule has 3 rings (SSSR count). The Balaban J connectivity index is 1.97. The number of hydrogen-bond acceptors (Lipinski definition) is 3. The standard InChI is InChI=1S/C23H17Cl2N3O3/c1-13-9-15(14(2)28(13)17-7-8-19(24)20(25)11-17)10-16(12-26)22(29)27-21-6-4-3-5-18(21)23(30)31/h3-11H,1-2H3,(H,27,29)(H,30,31)/b16-10+. The van der Waals surface area contributed by atoms with E-state index in [2.05, 4.69) is 5.32 Å². The van der Waals surface area contributed by atoms with Gasteiger partial charge in [0.1, 0.15) is 11.6 Å². The number of anilines is 1. The summed E-state index contributed by atoms with van der Waals surface area (Å²) < 4.78 is 1.93. The molecule has 0 aliphatic carbocycles. The van der Waals surface area contributed by atoms with E-state index in [0.717, 1.165) is 17.1 Å². The topological polar surface area (TPSA) is 95.1 Å². The first-order valence-corrected chi connectivity index (χ1v) is 9.88. The third-order valence-corrected chi connectivity index (χ3v) is 5.44. The molecule has 1 aromatic heterocycles. The van der Waals surface area contributed by atoms with Gasteiger partial charge in [-0.25, -0.2) is 4.79 Å². The Labute approximate surface area is 188 Å². The molecule has 0 unspecified atom stereocenters. The van der Waals surface area contributed by atoms with Gasteiger partial charge in [0, 0.05) is 17.1 Å². The van der Waals surface area contributed by atoms with Crippen LogP contribution >= 0.6 is 23.2 Å². The number of carbonyl (C=O) groups excluding carboxylic acids is 1. The second kappa shape index (κ2) is 9.09. The third kappa shape index (κ3) is 4.64. The Hall–Kier alpha value is -3.53. The number of carboxylic acids is 1. The summed E-state index contributed by atoms with van der Waals surface area (Å²) in [6.07, 6.45) is 1.47. The monoisotopic (exact) mass is 453 g/mol. The van der Waals surface area contributed by atoms with E-state index in [1.165, 1.54) is 18.2 Å². The van der Waals surface area contributed by atoms with Gasteiger partial charge in [0.05, 0.1) is 21.3 Å². The van der Waals surface area contributed by atoms with Crippen molar-refractivity contribution in [2.45, 2.75) is 13.8 Å². The zero-order chi connectivity index (χ0) is 22.7. The van der Waals surface area contributed by atoms with Gasteiger partial charge in [-0.3, -0.25) is 4.79 Å². The molecule has 1 amide bonds. The van der Waals surface area contributed by atoms with Crippen LogP contribution in [-0.2, 0) is 4.79 Å². The Morgan fingerprint density at radius 2 is 1.81 bits per heavy atom. The van der Waals surface area contributed by atoms with E-state index in [1.807, 2.05) is 36.6 Å². The fourth-order valence-corrected chi connectivity index (χ4v) is 3.52. The average Bonchev–Trinajstić information content (AvgIpc) is 3.01. The number of benzene rings is 2. The largest absolute Gasteiger partial charge is 0.478 e. The summed E-state index contributed by atoms with van der Waals surface area (Å²) in [7, 11) is 0. The fourth-order valence-electron chi connectivity index (χ4n) is 3.23. The predicted octanol–water partition coefficient (Wildman–Crippen LogP) is 5.64. The van der Waals surface area contributed by atoms with Crippen LogP contribution in [0.3, 0.4) is 0 Å². The van der Waals surface area contributed by atoms with Crippen LogP contribution in [0.2, 0.25) is 10.0 Å². The minimum absolute atomic E-state index is 0.0639. The highest BCUT2D eigenvalue weighted by atomic mass is 35.5. The molecule has 3 aromatic rings. The van der Waals surface area contributed by atoms with Crippen LogP contribution in [0.25, 0.3) is 11.8 Å². The number of para-hydroxylation sites is 1. The van der Waals surface area contributed by atoms with Crippen LogP contribution in [-0.4, -0.2) is 21.6 Å². The molecule has 0 aliphatic rings. The Kier molecular flexibility index (Phi) is 6.50. The highest BCUT2D eigenvalue weighted by Crippen LogP contribution is 2.28. The number of halogens is 2. The molecule has 0 radical (unpaired) electrons. The van der Waals surface area contributed by atoms with Gasteiger partial charge in [0.15, 0.2) is 0 Å². The summed E-state index contributed by atoms with van der Waals surface area (Å²) in [4.78, 5) is 24.0. The van der Waals surface area contributed by atoms with Crippen molar-refractivity contribution < 1.29 is 14.7 Å². The number of carboxylic acid groups (broad SMARTS) is 1. The lowest BCUT2D eigenvalue weighted by atomic mass is 10.1. The van der Waals surface area contributed by atoms with Crippen molar-refractivity contribution >= 4 is 46.8 Å². The van der Waals surface area contributed by atoms with Crippen LogP contribution in [0.1, 0.15) is 27.3 Å². The Bertz CT molecular complexity index is 1270. The summed E-state index contributed by atoms with van der Waals surface area (Å²) in [5.41, 5.74) is 3.02. The van der Waals surface area contributed by atoms with E-state index in [4.69, 9.17) is 23.2 Å². The van der Waals surface area contributed by atoms with Crippen molar-refractivity contribution in [3.63, 3.8) is 0 Å². The van der Waals surface area contributed by atoms with Crippen LogP contribution in [0, 0.1) is 25.2 Å². The molecule has 0 aliphatic heterocycles. The maximum atomic E-state index is 12.6. The lowest BCUT2D eigenvalue weighted by Gasteiger charge is -2.11. The van der Waals surface area contributed by atoms with E-state index in [-0.39, 0.29) is 16.8 Å². The summed E-state index contributed by atoms with van der Waals surface area (Å²) in [5, 5.41) is 22.2. The molecule has 0 spiro atoms. The predicted molar refractivity (Wildman–Crippen MR) is 121 cm³/mol. The zero-order valence-corrected chi connectivity index (χ0v) is 18.1. The molecule has 0 saturated carbocycles. The molecule has 8 heteroatoms. The number of carbonyl (C=O) groups is 2. The summed E-state index contributed by atoms with van der Waals surface area (Å²) >= 11 is 12.1. The van der Waals surface area contributed by atoms with Crippen LogP contribution in [0.15, 0.2) is 54.1 Å². The van der Waals surface area contributed by atoms with E-state index < -0.39 is 11.9 Å². The van der Waals surface area contributed by atoms with Gasteiger partial charge in [-0.1, -0.05) is 35.3 Å². The van der Waals surface area contributed by atoms with Gasteiger partial charge in [0.2, 0.25) is 0 Å². The first-order valence-electron chi connectivity index (χ1n) is 9.12. The number of aryl methyl sites for hydroxylation is 1. The first-order chi connectivity index (χ1) is 14.7. The molecule has 1 heterocycles. The van der Waals surface area contributed by atoms with Crippen LogP contribution in [0.5, 0.6) is 0 Å². The number of hydrogen-bond donors (Lipinski definition) is 2. The van der Waals surface area contributed by atoms with Crippen LogP contribution < -0.4 is 5.32 Å². The first kappa shape index (κ1) is 22.2. The quantitative estimate of drug-likeness (QED) is 0.385. The summed E-state index contributed by atoms with van der Waals surface area (Å²) in [6.45, 7) is 3.75. The number of nitrogens with zero attached hydrogens (tertiary/aromatic N) is 2. The average molecular weight is 454 g/mol. The minimum Gasteiger partial charge on any atom is -0.478 e. The van der Waals surface area contributed by atoms with E-state index in [1.54, 1.807) is 24.3 Å². The SMILES string of the molecule is Cc1cc(/C=C(\C#N)C(=O)Nc2ccccc2C(=O)O)c(C)n1-c1ccc(Cl)c(Cl)c1. The molecule has 2 aromatic carbocycles. The zero-order valence-electron chi connectivity index (χ0n) is 16.6. The third-order valence-electron chi connectivity index (χ3n) is 4.70. The molecule has 2 N–H and O–H groups in total. The lowest BCUT2D eigenvalue weighted by molar-refractivity contribution is -0.112. The van der Waals surface area contributed by atoms with Crippen molar-refractivity contribution in [2.24, 2.45) is 0 Å². The number of amides is 1. The van der Waals surface area contributed by atoms with Gasteiger partial charge in [-0.15, -0.1) is 0 Å². The van der Waals surface area contributed by atoms with Gasteiger partial charge >= 0.3 is 5.97 Å². The molecule has 0 atom stereocenters. The minimum atomic E-state index is -1.18. The second-order valence-electron chi connectivity index (χ2n) is 6.73. The van der Waals surface area contributed by atoms with Crippen LogP contribution in [0.4, 0.5) is 5.69 Å². The van der Waals surface area contributed by atoms with Crippen molar-refractivity contribution in [1.29, 1.82) is 5.26 Å². The maximum absolute atomic E-state index is 12.6. The number of nitrogens with one attached hydrogen (secondary N) is 1. The van der Waals surface area contributed by atoms with E-state index >= 15 is 0 Å². The van der Waals surface area contributed by atoms with Gasteiger partial charge in [0.25, 0.3) is 5.91 Å². The normalized spacial score (nSPS) is 11.1. The molecular formula is C23H17Cl2N3O3. The number of nitriles is 1. The van der Waals surface area contributed by atoms with E-state index in [0.29, 0.717) is 15.6 Å². The highest BCUT2D eigenvalue weighted by Gasteiger charge is 2.17. The molecule has 0 fully saturated rings. The van der Waals surface area contributed by atoms with E-state index in [9.17, 15) is 20.0 Å². The Morgan fingerprint density at radius 1 is 1.10 bits per heavy atom. The maximum Gasteiger partial charge on any atom is 0.337 e. The van der Waals surface area contributed by atoms with Gasteiger partial charge in [-0.05, 0) is 61.9 Å². The molecular weight excluding hydrogens is 437 g/mol. The summed E-state index contributed by atoms with van der Waals surface area (Å²) in [5.74, 6) is -1.88. The second-order valence-corrected chi connectivity index (χ2v) is 7.55. The number of rotatable bonds is 5. The van der Waals surface area contributed by atoms with Crippen molar-refractivity contribution in [1.82, 2.24) is 4.57 Å². The molecule has 31 heavy (non-hydrogen) atoms. The van der Waals surface area contributed by atoms with Gasteiger partial charge in [-0.2, -0.15) is 5.26 Å². The van der Waals surface area contributed by atoms with Crippen molar-refractivity contribution in [3.05, 3.63) is 86.7 Å². The number of aromatic nitrogens is 1. The smallest absolute Gasteiger partial charge is 0.337 e. The molecule has 0 saturated heterocycles. The van der Waals surface area contributed by atoms with Gasteiger partial charge < -0.3 is 15.0 Å².